The van der Waals surface area contributed by atoms with E-state index in [0.717, 1.165) is 5.56 Å². The molecule has 0 unspecified atom stereocenters. The van der Waals surface area contributed by atoms with Crippen LogP contribution in [0, 0.1) is 0 Å². The molecule has 0 bridgehead atoms. The van der Waals surface area contributed by atoms with Crippen LogP contribution in [-0.2, 0) is 11.3 Å². The number of rotatable bonds is 4. The van der Waals surface area contributed by atoms with E-state index in [4.69, 9.17) is 9.84 Å². The van der Waals surface area contributed by atoms with Crippen LogP contribution in [0.4, 0.5) is 4.79 Å². The van der Waals surface area contributed by atoms with Crippen LogP contribution in [0.5, 0.6) is 0 Å². The smallest absolute Gasteiger partial charge is 0.407 e. The monoisotopic (exact) mass is 251 g/mol. The highest BCUT2D eigenvalue weighted by Gasteiger charge is 2.34. The van der Waals surface area contributed by atoms with Gasteiger partial charge in [-0.3, -0.25) is 0 Å². The number of carbonyl (C=O) groups is 1. The van der Waals surface area contributed by atoms with Gasteiger partial charge >= 0.3 is 6.09 Å². The van der Waals surface area contributed by atoms with Gasteiger partial charge in [0.25, 0.3) is 0 Å². The SMILES string of the molecule is O=C(O)N1C[C@@H](O)C[C@@H]1COCc1ccccc1. The molecule has 0 saturated carbocycles. The van der Waals surface area contributed by atoms with Gasteiger partial charge in [-0.1, -0.05) is 30.3 Å². The van der Waals surface area contributed by atoms with Gasteiger partial charge in [-0.05, 0) is 12.0 Å². The second-order valence-electron chi connectivity index (χ2n) is 4.48. The van der Waals surface area contributed by atoms with Gasteiger partial charge in [-0.2, -0.15) is 0 Å². The summed E-state index contributed by atoms with van der Waals surface area (Å²) in [5, 5.41) is 18.5. The first-order valence-electron chi connectivity index (χ1n) is 5.96. The van der Waals surface area contributed by atoms with Crippen molar-refractivity contribution < 1.29 is 19.7 Å². The lowest BCUT2D eigenvalue weighted by molar-refractivity contribution is 0.0643. The number of aliphatic hydroxyl groups excluding tert-OH is 1. The molecule has 2 rings (SSSR count). The topological polar surface area (TPSA) is 70.0 Å². The maximum absolute atomic E-state index is 10.9. The van der Waals surface area contributed by atoms with Crippen molar-refractivity contribution in [2.45, 2.75) is 25.2 Å². The van der Waals surface area contributed by atoms with Crippen molar-refractivity contribution in [1.82, 2.24) is 4.90 Å². The number of ether oxygens (including phenoxy) is 1. The fraction of sp³-hybridized carbons (Fsp3) is 0.462. The fourth-order valence-corrected chi connectivity index (χ4v) is 2.17. The van der Waals surface area contributed by atoms with Gasteiger partial charge in [0.2, 0.25) is 0 Å². The van der Waals surface area contributed by atoms with E-state index < -0.39 is 12.2 Å². The number of hydrogen-bond acceptors (Lipinski definition) is 3. The Bertz CT molecular complexity index is 395. The summed E-state index contributed by atoms with van der Waals surface area (Å²) in [6.07, 6.45) is -1.13. The Hall–Kier alpha value is -1.59. The second kappa shape index (κ2) is 5.84. The largest absolute Gasteiger partial charge is 0.465 e. The van der Waals surface area contributed by atoms with Gasteiger partial charge in [-0.25, -0.2) is 4.79 Å². The van der Waals surface area contributed by atoms with E-state index in [-0.39, 0.29) is 12.6 Å². The maximum Gasteiger partial charge on any atom is 0.407 e. The molecule has 0 radical (unpaired) electrons. The molecule has 98 valence electrons. The first-order valence-corrected chi connectivity index (χ1v) is 5.96. The lowest BCUT2D eigenvalue weighted by Crippen LogP contribution is -2.37. The third-order valence-electron chi connectivity index (χ3n) is 3.06. The first kappa shape index (κ1) is 12.9. The summed E-state index contributed by atoms with van der Waals surface area (Å²) in [7, 11) is 0. The highest BCUT2D eigenvalue weighted by atomic mass is 16.5. The number of β-amino-alcohol motifs (C(OH)–C–C–N with tert-alkyl or cyclic N) is 1. The molecule has 1 aromatic carbocycles. The van der Waals surface area contributed by atoms with E-state index in [9.17, 15) is 9.90 Å². The first-order chi connectivity index (χ1) is 8.66. The normalized spacial score (nSPS) is 23.3. The zero-order valence-electron chi connectivity index (χ0n) is 10.0. The predicted octanol–water partition coefficient (Wildman–Crippen LogP) is 1.32. The van der Waals surface area contributed by atoms with Crippen molar-refractivity contribution in [2.75, 3.05) is 13.2 Å². The molecular formula is C13H17NO4. The number of likely N-dealkylation sites (tertiary alicyclic amines) is 1. The number of carboxylic acid groups (broad SMARTS) is 1. The molecule has 5 heteroatoms. The van der Waals surface area contributed by atoms with Crippen molar-refractivity contribution >= 4 is 6.09 Å². The Morgan fingerprint density at radius 3 is 2.78 bits per heavy atom. The summed E-state index contributed by atoms with van der Waals surface area (Å²) in [6.45, 7) is 0.952. The number of nitrogens with zero attached hydrogens (tertiary/aromatic N) is 1. The lowest BCUT2D eigenvalue weighted by Gasteiger charge is -2.20. The highest BCUT2D eigenvalue weighted by Crippen LogP contribution is 2.18. The van der Waals surface area contributed by atoms with Gasteiger partial charge in [-0.15, -0.1) is 0 Å². The molecule has 1 amide bonds. The zero-order chi connectivity index (χ0) is 13.0. The molecule has 1 aromatic rings. The van der Waals surface area contributed by atoms with Crippen LogP contribution in [0.25, 0.3) is 0 Å². The quantitative estimate of drug-likeness (QED) is 0.846. The summed E-state index contributed by atoms with van der Waals surface area (Å²) in [6, 6.07) is 9.46. The van der Waals surface area contributed by atoms with Crippen LogP contribution >= 0.6 is 0 Å². The lowest BCUT2D eigenvalue weighted by atomic mass is 10.2. The van der Waals surface area contributed by atoms with Crippen LogP contribution in [-0.4, -0.2) is 46.5 Å². The number of benzene rings is 1. The minimum absolute atomic E-state index is 0.175. The molecule has 18 heavy (non-hydrogen) atoms. The van der Waals surface area contributed by atoms with Crippen LogP contribution in [0.15, 0.2) is 30.3 Å². The number of amides is 1. The van der Waals surface area contributed by atoms with Gasteiger partial charge in [0, 0.05) is 0 Å². The van der Waals surface area contributed by atoms with Crippen LogP contribution in [0.3, 0.4) is 0 Å². The molecule has 1 heterocycles. The van der Waals surface area contributed by atoms with Crippen molar-refractivity contribution in [1.29, 1.82) is 0 Å². The molecule has 2 atom stereocenters. The van der Waals surface area contributed by atoms with Crippen molar-refractivity contribution in [3.63, 3.8) is 0 Å². The summed E-state index contributed by atoms with van der Waals surface area (Å²) < 4.78 is 5.52. The van der Waals surface area contributed by atoms with E-state index >= 15 is 0 Å². The van der Waals surface area contributed by atoms with Crippen LogP contribution < -0.4 is 0 Å². The van der Waals surface area contributed by atoms with E-state index in [2.05, 4.69) is 0 Å². The third-order valence-corrected chi connectivity index (χ3v) is 3.06. The van der Waals surface area contributed by atoms with E-state index in [1.165, 1.54) is 4.90 Å². The standard InChI is InChI=1S/C13H17NO4/c15-12-6-11(14(7-12)13(16)17)9-18-8-10-4-2-1-3-5-10/h1-5,11-12,15H,6-9H2,(H,16,17)/t11-,12+/m1/s1. The Balaban J connectivity index is 1.81. The average molecular weight is 251 g/mol. The van der Waals surface area contributed by atoms with E-state index in [1.807, 2.05) is 30.3 Å². The van der Waals surface area contributed by atoms with E-state index in [0.29, 0.717) is 19.6 Å². The molecule has 1 saturated heterocycles. The summed E-state index contributed by atoms with van der Waals surface area (Å²) in [4.78, 5) is 12.2. The highest BCUT2D eigenvalue weighted by molar-refractivity contribution is 5.66. The second-order valence-corrected chi connectivity index (χ2v) is 4.48. The van der Waals surface area contributed by atoms with Gasteiger partial charge in [0.1, 0.15) is 0 Å². The van der Waals surface area contributed by atoms with E-state index in [1.54, 1.807) is 0 Å². The molecule has 1 fully saturated rings. The summed E-state index contributed by atoms with van der Waals surface area (Å²) in [5.41, 5.74) is 1.05. The van der Waals surface area contributed by atoms with Crippen LogP contribution in [0.2, 0.25) is 0 Å². The average Bonchev–Trinajstić information content (AvgIpc) is 2.72. The molecular weight excluding hydrogens is 234 g/mol. The Morgan fingerprint density at radius 2 is 2.11 bits per heavy atom. The van der Waals surface area contributed by atoms with Gasteiger partial charge in [0.15, 0.2) is 0 Å². The molecule has 0 aromatic heterocycles. The molecule has 1 aliphatic heterocycles. The molecule has 1 aliphatic rings. The maximum atomic E-state index is 10.9. The zero-order valence-corrected chi connectivity index (χ0v) is 10.0. The van der Waals surface area contributed by atoms with Crippen molar-refractivity contribution in [3.05, 3.63) is 35.9 Å². The van der Waals surface area contributed by atoms with Crippen molar-refractivity contribution in [2.24, 2.45) is 0 Å². The Labute approximate surface area is 106 Å². The number of aliphatic hydroxyl groups is 1. The van der Waals surface area contributed by atoms with Gasteiger partial charge in [0.05, 0.1) is 31.9 Å². The molecule has 5 nitrogen and oxygen atoms in total. The minimum Gasteiger partial charge on any atom is -0.465 e. The summed E-state index contributed by atoms with van der Waals surface area (Å²) in [5.74, 6) is 0. The fourth-order valence-electron chi connectivity index (χ4n) is 2.17. The molecule has 0 spiro atoms. The van der Waals surface area contributed by atoms with Crippen molar-refractivity contribution in [3.8, 4) is 0 Å². The summed E-state index contributed by atoms with van der Waals surface area (Å²) >= 11 is 0. The van der Waals surface area contributed by atoms with Crippen LogP contribution in [0.1, 0.15) is 12.0 Å². The number of hydrogen-bond donors (Lipinski definition) is 2. The third kappa shape index (κ3) is 3.21. The Morgan fingerprint density at radius 1 is 1.39 bits per heavy atom. The Kier molecular flexibility index (Phi) is 4.17. The minimum atomic E-state index is -1.00. The van der Waals surface area contributed by atoms with Gasteiger partial charge < -0.3 is 19.8 Å². The molecule has 0 aliphatic carbocycles. The molecule has 2 N–H and O–H groups in total. The predicted molar refractivity (Wildman–Crippen MR) is 65.2 cm³/mol.